The van der Waals surface area contributed by atoms with Gasteiger partial charge in [-0.05, 0) is 28.8 Å². The van der Waals surface area contributed by atoms with E-state index in [0.29, 0.717) is 6.42 Å². The van der Waals surface area contributed by atoms with Crippen LogP contribution in [0.1, 0.15) is 24.4 Å². The second-order valence-electron chi connectivity index (χ2n) is 4.27. The Hall–Kier alpha value is -1.83. The van der Waals surface area contributed by atoms with Gasteiger partial charge in [-0.25, -0.2) is 0 Å². The molecule has 1 aliphatic heterocycles. The highest BCUT2D eigenvalue weighted by Gasteiger charge is 2.21. The lowest BCUT2D eigenvalue weighted by Gasteiger charge is -2.11. The minimum Gasteiger partial charge on any atom is -0.349 e. The number of nitrogens with one attached hydrogen (secondary N) is 1. The summed E-state index contributed by atoms with van der Waals surface area (Å²) in [4.78, 5) is 11.2. The molecule has 80 valence electrons. The van der Waals surface area contributed by atoms with E-state index in [2.05, 4.69) is 35.6 Å². The number of amides is 1. The van der Waals surface area contributed by atoms with Crippen molar-refractivity contribution in [2.24, 2.45) is 0 Å². The van der Waals surface area contributed by atoms with Crippen LogP contribution in [-0.2, 0) is 4.79 Å². The van der Waals surface area contributed by atoms with E-state index in [0.717, 1.165) is 6.42 Å². The first-order chi connectivity index (χ1) is 7.83. The van der Waals surface area contributed by atoms with Crippen LogP contribution in [0.2, 0.25) is 0 Å². The van der Waals surface area contributed by atoms with Crippen LogP contribution in [0, 0.1) is 0 Å². The van der Waals surface area contributed by atoms with E-state index in [9.17, 15) is 4.79 Å². The molecule has 16 heavy (non-hydrogen) atoms. The SMILES string of the molecule is O=C1CC[C@H](c2ccc3ccccc3c2)N1. The van der Waals surface area contributed by atoms with Crippen LogP contribution in [0.25, 0.3) is 10.8 Å². The van der Waals surface area contributed by atoms with Crippen LogP contribution >= 0.6 is 0 Å². The topological polar surface area (TPSA) is 29.1 Å². The fourth-order valence-corrected chi connectivity index (χ4v) is 2.29. The largest absolute Gasteiger partial charge is 0.349 e. The Kier molecular flexibility index (Phi) is 2.13. The van der Waals surface area contributed by atoms with Crippen LogP contribution < -0.4 is 5.32 Å². The molecule has 1 amide bonds. The van der Waals surface area contributed by atoms with Crippen molar-refractivity contribution in [3.05, 3.63) is 48.0 Å². The number of rotatable bonds is 1. The monoisotopic (exact) mass is 211 g/mol. The average Bonchev–Trinajstić information content (AvgIpc) is 2.75. The molecule has 1 N–H and O–H groups in total. The lowest BCUT2D eigenvalue weighted by atomic mass is 10.0. The van der Waals surface area contributed by atoms with E-state index in [4.69, 9.17) is 0 Å². The average molecular weight is 211 g/mol. The van der Waals surface area contributed by atoms with Crippen molar-refractivity contribution in [3.8, 4) is 0 Å². The number of hydrogen-bond donors (Lipinski definition) is 1. The van der Waals surface area contributed by atoms with Crippen LogP contribution in [0.5, 0.6) is 0 Å². The summed E-state index contributed by atoms with van der Waals surface area (Å²) in [5, 5.41) is 5.48. The van der Waals surface area contributed by atoms with Gasteiger partial charge < -0.3 is 5.32 Å². The van der Waals surface area contributed by atoms with Gasteiger partial charge in [-0.1, -0.05) is 36.4 Å². The quantitative estimate of drug-likeness (QED) is 0.772. The van der Waals surface area contributed by atoms with Crippen LogP contribution in [0.3, 0.4) is 0 Å². The molecule has 2 aromatic rings. The van der Waals surface area contributed by atoms with Crippen molar-refractivity contribution in [2.45, 2.75) is 18.9 Å². The second kappa shape index (κ2) is 3.63. The molecule has 0 spiro atoms. The van der Waals surface area contributed by atoms with Gasteiger partial charge in [-0.3, -0.25) is 4.79 Å². The number of carbonyl (C=O) groups excluding carboxylic acids is 1. The van der Waals surface area contributed by atoms with Gasteiger partial charge in [0.2, 0.25) is 5.91 Å². The molecule has 0 radical (unpaired) electrons. The van der Waals surface area contributed by atoms with Crippen molar-refractivity contribution in [1.82, 2.24) is 5.32 Å². The summed E-state index contributed by atoms with van der Waals surface area (Å²) < 4.78 is 0. The molecule has 3 rings (SSSR count). The van der Waals surface area contributed by atoms with Crippen LogP contribution in [0.15, 0.2) is 42.5 Å². The van der Waals surface area contributed by atoms with E-state index >= 15 is 0 Å². The third-order valence-electron chi connectivity index (χ3n) is 3.17. The van der Waals surface area contributed by atoms with Crippen molar-refractivity contribution >= 4 is 16.7 Å². The van der Waals surface area contributed by atoms with Gasteiger partial charge in [0.1, 0.15) is 0 Å². The molecular weight excluding hydrogens is 198 g/mol. The van der Waals surface area contributed by atoms with Crippen molar-refractivity contribution in [1.29, 1.82) is 0 Å². The molecule has 0 saturated carbocycles. The van der Waals surface area contributed by atoms with E-state index in [1.165, 1.54) is 16.3 Å². The summed E-state index contributed by atoms with van der Waals surface area (Å²) in [5.41, 5.74) is 1.21. The van der Waals surface area contributed by atoms with Crippen molar-refractivity contribution in [2.75, 3.05) is 0 Å². The molecule has 1 aliphatic rings. The summed E-state index contributed by atoms with van der Waals surface area (Å²) in [6, 6.07) is 14.9. The van der Waals surface area contributed by atoms with E-state index in [1.54, 1.807) is 0 Å². The molecule has 0 aliphatic carbocycles. The molecule has 1 atom stereocenters. The minimum absolute atomic E-state index is 0.165. The zero-order valence-electron chi connectivity index (χ0n) is 8.94. The Morgan fingerprint density at radius 2 is 1.88 bits per heavy atom. The highest BCUT2D eigenvalue weighted by molar-refractivity contribution is 5.84. The number of fused-ring (bicyclic) bond motifs is 1. The maximum absolute atomic E-state index is 11.2. The van der Waals surface area contributed by atoms with Crippen LogP contribution in [0.4, 0.5) is 0 Å². The fourth-order valence-electron chi connectivity index (χ4n) is 2.29. The van der Waals surface area contributed by atoms with Gasteiger partial charge in [0, 0.05) is 6.42 Å². The second-order valence-corrected chi connectivity index (χ2v) is 4.27. The summed E-state index contributed by atoms with van der Waals surface area (Å²) in [7, 11) is 0. The molecular formula is C14H13NO. The zero-order chi connectivity index (χ0) is 11.0. The first-order valence-corrected chi connectivity index (χ1v) is 5.61. The molecule has 0 aromatic heterocycles. The predicted octanol–water partition coefficient (Wildman–Crippen LogP) is 2.79. The third kappa shape index (κ3) is 1.56. The Morgan fingerprint density at radius 1 is 1.06 bits per heavy atom. The van der Waals surface area contributed by atoms with Crippen molar-refractivity contribution in [3.63, 3.8) is 0 Å². The minimum atomic E-state index is 0.165. The Balaban J connectivity index is 2.02. The molecule has 1 fully saturated rings. The van der Waals surface area contributed by atoms with Gasteiger partial charge >= 0.3 is 0 Å². The van der Waals surface area contributed by atoms with E-state index in [1.807, 2.05) is 12.1 Å². The summed E-state index contributed by atoms with van der Waals surface area (Å²) in [6.07, 6.45) is 1.56. The fraction of sp³-hybridized carbons (Fsp3) is 0.214. The smallest absolute Gasteiger partial charge is 0.220 e. The Labute approximate surface area is 94.3 Å². The van der Waals surface area contributed by atoms with Crippen molar-refractivity contribution < 1.29 is 4.79 Å². The standard InChI is InChI=1S/C14H13NO/c16-14-8-7-13(15-14)12-6-5-10-3-1-2-4-11(10)9-12/h1-6,9,13H,7-8H2,(H,15,16)/t13-/m1/s1. The first kappa shape index (κ1) is 9.40. The number of carbonyl (C=O) groups is 1. The lowest BCUT2D eigenvalue weighted by Crippen LogP contribution is -2.18. The third-order valence-corrected chi connectivity index (χ3v) is 3.17. The summed E-state index contributed by atoms with van der Waals surface area (Å²) in [6.45, 7) is 0. The summed E-state index contributed by atoms with van der Waals surface area (Å²) in [5.74, 6) is 0.165. The van der Waals surface area contributed by atoms with Gasteiger partial charge in [-0.15, -0.1) is 0 Å². The number of benzene rings is 2. The number of hydrogen-bond acceptors (Lipinski definition) is 1. The van der Waals surface area contributed by atoms with Gasteiger partial charge in [0.05, 0.1) is 6.04 Å². The highest BCUT2D eigenvalue weighted by atomic mass is 16.1. The van der Waals surface area contributed by atoms with Gasteiger partial charge in [0.25, 0.3) is 0 Å². The van der Waals surface area contributed by atoms with E-state index < -0.39 is 0 Å². The highest BCUT2D eigenvalue weighted by Crippen LogP contribution is 2.26. The molecule has 0 unspecified atom stereocenters. The first-order valence-electron chi connectivity index (χ1n) is 5.61. The Bertz CT molecular complexity index is 547. The van der Waals surface area contributed by atoms with E-state index in [-0.39, 0.29) is 11.9 Å². The molecule has 1 heterocycles. The molecule has 2 nitrogen and oxygen atoms in total. The molecule has 1 saturated heterocycles. The Morgan fingerprint density at radius 3 is 2.62 bits per heavy atom. The zero-order valence-corrected chi connectivity index (χ0v) is 8.94. The van der Waals surface area contributed by atoms with Crippen LogP contribution in [-0.4, -0.2) is 5.91 Å². The normalized spacial score (nSPS) is 20.0. The lowest BCUT2D eigenvalue weighted by molar-refractivity contribution is -0.119. The predicted molar refractivity (Wildman–Crippen MR) is 64.1 cm³/mol. The van der Waals surface area contributed by atoms with Gasteiger partial charge in [0.15, 0.2) is 0 Å². The maximum Gasteiger partial charge on any atom is 0.220 e. The molecule has 2 aromatic carbocycles. The molecule has 0 bridgehead atoms. The van der Waals surface area contributed by atoms with Gasteiger partial charge in [-0.2, -0.15) is 0 Å². The summed E-state index contributed by atoms with van der Waals surface area (Å²) >= 11 is 0. The molecule has 2 heteroatoms. The maximum atomic E-state index is 11.2.